The second kappa shape index (κ2) is 4.74. The maximum Gasteiger partial charge on any atom is 0.149 e. The van der Waals surface area contributed by atoms with Gasteiger partial charge in [-0.2, -0.15) is 0 Å². The SMILES string of the molecule is CC#CCOc1ccc(Cl)c(F)c1. The maximum absolute atomic E-state index is 12.8. The Bertz CT molecular complexity index is 352. The topological polar surface area (TPSA) is 9.23 Å². The highest BCUT2D eigenvalue weighted by molar-refractivity contribution is 6.30. The van der Waals surface area contributed by atoms with Gasteiger partial charge in [-0.15, -0.1) is 5.92 Å². The first-order valence-electron chi connectivity index (χ1n) is 3.71. The number of hydrogen-bond donors (Lipinski definition) is 0. The van der Waals surface area contributed by atoms with Crippen LogP contribution in [0.4, 0.5) is 4.39 Å². The number of hydrogen-bond acceptors (Lipinski definition) is 1. The minimum atomic E-state index is -0.483. The van der Waals surface area contributed by atoms with Crippen molar-refractivity contribution < 1.29 is 9.13 Å². The summed E-state index contributed by atoms with van der Waals surface area (Å²) >= 11 is 5.48. The van der Waals surface area contributed by atoms with E-state index in [4.69, 9.17) is 16.3 Å². The largest absolute Gasteiger partial charge is 0.481 e. The number of benzene rings is 1. The molecule has 13 heavy (non-hydrogen) atoms. The van der Waals surface area contributed by atoms with Crippen LogP contribution in [0.5, 0.6) is 5.75 Å². The minimum Gasteiger partial charge on any atom is -0.481 e. The van der Waals surface area contributed by atoms with Gasteiger partial charge in [0.15, 0.2) is 0 Å². The quantitative estimate of drug-likeness (QED) is 0.664. The van der Waals surface area contributed by atoms with Gasteiger partial charge in [-0.1, -0.05) is 17.5 Å². The van der Waals surface area contributed by atoms with Crippen LogP contribution in [0.25, 0.3) is 0 Å². The second-order valence-corrected chi connectivity index (χ2v) is 2.70. The van der Waals surface area contributed by atoms with Crippen LogP contribution >= 0.6 is 11.6 Å². The molecule has 3 heteroatoms. The molecule has 0 fully saturated rings. The molecule has 0 radical (unpaired) electrons. The van der Waals surface area contributed by atoms with Crippen LogP contribution in [0.3, 0.4) is 0 Å². The summed E-state index contributed by atoms with van der Waals surface area (Å²) in [6.07, 6.45) is 0. The van der Waals surface area contributed by atoms with Crippen LogP contribution in [-0.4, -0.2) is 6.61 Å². The van der Waals surface area contributed by atoms with Gasteiger partial charge in [0.05, 0.1) is 5.02 Å². The van der Waals surface area contributed by atoms with Gasteiger partial charge in [0, 0.05) is 6.07 Å². The Morgan fingerprint density at radius 1 is 1.54 bits per heavy atom. The molecule has 0 N–H and O–H groups in total. The summed E-state index contributed by atoms with van der Waals surface area (Å²) in [5, 5.41) is 0.0916. The molecule has 0 aliphatic rings. The first-order valence-corrected chi connectivity index (χ1v) is 4.09. The Labute approximate surface area is 81.5 Å². The summed E-state index contributed by atoms with van der Waals surface area (Å²) in [5.41, 5.74) is 0. The molecule has 1 nitrogen and oxygen atoms in total. The lowest BCUT2D eigenvalue weighted by Crippen LogP contribution is -1.94. The lowest BCUT2D eigenvalue weighted by atomic mass is 10.3. The van der Waals surface area contributed by atoms with Crippen molar-refractivity contribution in [3.8, 4) is 17.6 Å². The molecule has 0 aliphatic carbocycles. The molecule has 0 saturated heterocycles. The Hall–Kier alpha value is -1.20. The van der Waals surface area contributed by atoms with E-state index < -0.39 is 5.82 Å². The predicted molar refractivity (Wildman–Crippen MR) is 50.4 cm³/mol. The summed E-state index contributed by atoms with van der Waals surface area (Å²) in [4.78, 5) is 0. The fourth-order valence-electron chi connectivity index (χ4n) is 0.758. The van der Waals surface area contributed by atoms with E-state index in [1.165, 1.54) is 12.1 Å². The zero-order valence-corrected chi connectivity index (χ0v) is 7.86. The third-order valence-electron chi connectivity index (χ3n) is 1.38. The normalized spacial score (nSPS) is 8.85. The fourth-order valence-corrected chi connectivity index (χ4v) is 0.876. The Morgan fingerprint density at radius 2 is 2.31 bits per heavy atom. The van der Waals surface area contributed by atoms with E-state index in [0.29, 0.717) is 5.75 Å². The summed E-state index contributed by atoms with van der Waals surface area (Å²) in [5.74, 6) is 5.32. The average Bonchev–Trinajstić information content (AvgIpc) is 2.12. The highest BCUT2D eigenvalue weighted by Gasteiger charge is 2.00. The van der Waals surface area contributed by atoms with Crippen LogP contribution in [0.15, 0.2) is 18.2 Å². The molecule has 1 aromatic carbocycles. The average molecular weight is 199 g/mol. The molecule has 0 aromatic heterocycles. The summed E-state index contributed by atoms with van der Waals surface area (Å²) in [6.45, 7) is 1.98. The van der Waals surface area contributed by atoms with Crippen molar-refractivity contribution in [2.24, 2.45) is 0 Å². The molecule has 0 atom stereocenters. The Kier molecular flexibility index (Phi) is 3.60. The van der Waals surface area contributed by atoms with Crippen molar-refractivity contribution >= 4 is 11.6 Å². The minimum absolute atomic E-state index is 0.0916. The molecule has 0 unspecified atom stereocenters. The Morgan fingerprint density at radius 3 is 2.92 bits per heavy atom. The van der Waals surface area contributed by atoms with Gasteiger partial charge in [-0.25, -0.2) is 4.39 Å². The van der Waals surface area contributed by atoms with Gasteiger partial charge in [0.25, 0.3) is 0 Å². The van der Waals surface area contributed by atoms with Crippen molar-refractivity contribution in [3.63, 3.8) is 0 Å². The van der Waals surface area contributed by atoms with Gasteiger partial charge in [-0.3, -0.25) is 0 Å². The van der Waals surface area contributed by atoms with E-state index in [0.717, 1.165) is 0 Å². The molecule has 1 aromatic rings. The van der Waals surface area contributed by atoms with Gasteiger partial charge < -0.3 is 4.74 Å². The third-order valence-corrected chi connectivity index (χ3v) is 1.69. The highest BCUT2D eigenvalue weighted by Crippen LogP contribution is 2.19. The van der Waals surface area contributed by atoms with Crippen molar-refractivity contribution in [3.05, 3.63) is 29.0 Å². The molecule has 1 rings (SSSR count). The lowest BCUT2D eigenvalue weighted by Gasteiger charge is -2.01. The van der Waals surface area contributed by atoms with E-state index >= 15 is 0 Å². The predicted octanol–water partition coefficient (Wildman–Crippen LogP) is 2.88. The molecule has 68 valence electrons. The van der Waals surface area contributed by atoms with Gasteiger partial charge in [0.1, 0.15) is 18.2 Å². The first kappa shape index (κ1) is 9.88. The molecule has 0 bridgehead atoms. The van der Waals surface area contributed by atoms with E-state index in [-0.39, 0.29) is 11.6 Å². The summed E-state index contributed by atoms with van der Waals surface area (Å²) in [7, 11) is 0. The monoisotopic (exact) mass is 198 g/mol. The van der Waals surface area contributed by atoms with Crippen LogP contribution in [0, 0.1) is 17.7 Å². The van der Waals surface area contributed by atoms with E-state index in [1.54, 1.807) is 13.0 Å². The molecule has 0 aliphatic heterocycles. The third kappa shape index (κ3) is 2.96. The van der Waals surface area contributed by atoms with Crippen molar-refractivity contribution in [1.82, 2.24) is 0 Å². The molecule has 0 amide bonds. The van der Waals surface area contributed by atoms with Crippen molar-refractivity contribution in [1.29, 1.82) is 0 Å². The first-order chi connectivity index (χ1) is 6.24. The van der Waals surface area contributed by atoms with Crippen LogP contribution in [0.1, 0.15) is 6.92 Å². The van der Waals surface area contributed by atoms with Crippen molar-refractivity contribution in [2.45, 2.75) is 6.92 Å². The van der Waals surface area contributed by atoms with Crippen molar-refractivity contribution in [2.75, 3.05) is 6.61 Å². The van der Waals surface area contributed by atoms with Gasteiger partial charge >= 0.3 is 0 Å². The molecular weight excluding hydrogens is 191 g/mol. The van der Waals surface area contributed by atoms with Crippen LogP contribution in [0.2, 0.25) is 5.02 Å². The molecule has 0 spiro atoms. The molecule has 0 heterocycles. The van der Waals surface area contributed by atoms with Gasteiger partial charge in [0.2, 0.25) is 0 Å². The zero-order valence-electron chi connectivity index (χ0n) is 7.10. The van der Waals surface area contributed by atoms with E-state index in [2.05, 4.69) is 11.8 Å². The van der Waals surface area contributed by atoms with Gasteiger partial charge in [-0.05, 0) is 19.1 Å². The fraction of sp³-hybridized carbons (Fsp3) is 0.200. The van der Waals surface area contributed by atoms with E-state index in [9.17, 15) is 4.39 Å². The second-order valence-electron chi connectivity index (χ2n) is 2.29. The zero-order chi connectivity index (χ0) is 9.68. The summed E-state index contributed by atoms with van der Waals surface area (Å²) < 4.78 is 18.0. The van der Waals surface area contributed by atoms with Crippen LogP contribution in [-0.2, 0) is 0 Å². The Balaban J connectivity index is 2.66. The number of halogens is 2. The maximum atomic E-state index is 12.8. The highest BCUT2D eigenvalue weighted by atomic mass is 35.5. The molecular formula is C10H8ClFO. The smallest absolute Gasteiger partial charge is 0.149 e. The molecule has 0 saturated carbocycles. The van der Waals surface area contributed by atoms with Crippen LogP contribution < -0.4 is 4.74 Å². The number of ether oxygens (including phenoxy) is 1. The van der Waals surface area contributed by atoms with E-state index in [1.807, 2.05) is 0 Å². The number of rotatable bonds is 2. The standard InChI is InChI=1S/C10H8ClFO/c1-2-3-6-13-8-4-5-9(11)10(12)7-8/h4-5,7H,6H2,1H3. The lowest BCUT2D eigenvalue weighted by molar-refractivity contribution is 0.368. The summed E-state index contributed by atoms with van der Waals surface area (Å²) in [6, 6.07) is 4.29.